The molecule has 0 radical (unpaired) electrons. The Morgan fingerprint density at radius 1 is 1.62 bits per heavy atom. The maximum atomic E-state index is 9.04. The van der Waals surface area contributed by atoms with Crippen LogP contribution >= 0.6 is 0 Å². The summed E-state index contributed by atoms with van der Waals surface area (Å²) >= 11 is 0. The molecule has 5 nitrogen and oxygen atoms in total. The smallest absolute Gasteiger partial charge is 0.152 e. The standard InChI is InChI=1S/C8H8N4O/c9-3-5-6(11)12-7-8(5,4-10)1-2-13-7/h7,12H,1-2,11H2. The van der Waals surface area contributed by atoms with Crippen LogP contribution in [0, 0.1) is 28.1 Å². The average Bonchev–Trinajstić information content (AvgIpc) is 2.60. The summed E-state index contributed by atoms with van der Waals surface area (Å²) < 4.78 is 5.27. The molecule has 0 saturated carbocycles. The Kier molecular flexibility index (Phi) is 1.45. The first-order valence-corrected chi connectivity index (χ1v) is 3.94. The monoisotopic (exact) mass is 176 g/mol. The number of ether oxygens (including phenoxy) is 1. The highest BCUT2D eigenvalue weighted by Crippen LogP contribution is 2.44. The van der Waals surface area contributed by atoms with E-state index in [4.69, 9.17) is 21.0 Å². The molecule has 0 spiro atoms. The number of rotatable bonds is 0. The van der Waals surface area contributed by atoms with Crippen LogP contribution in [0.3, 0.4) is 0 Å². The third kappa shape index (κ3) is 0.769. The molecule has 2 atom stereocenters. The molecule has 1 saturated heterocycles. The van der Waals surface area contributed by atoms with E-state index in [2.05, 4.69) is 11.4 Å². The fraction of sp³-hybridized carbons (Fsp3) is 0.500. The number of nitriles is 2. The van der Waals surface area contributed by atoms with Crippen molar-refractivity contribution in [2.75, 3.05) is 6.61 Å². The van der Waals surface area contributed by atoms with Crippen molar-refractivity contribution in [2.45, 2.75) is 12.6 Å². The van der Waals surface area contributed by atoms with Crippen molar-refractivity contribution in [3.05, 3.63) is 11.4 Å². The quantitative estimate of drug-likeness (QED) is 0.520. The van der Waals surface area contributed by atoms with Gasteiger partial charge in [-0.2, -0.15) is 10.5 Å². The van der Waals surface area contributed by atoms with E-state index in [1.807, 2.05) is 6.07 Å². The van der Waals surface area contributed by atoms with Crippen molar-refractivity contribution in [2.24, 2.45) is 11.1 Å². The van der Waals surface area contributed by atoms with Crippen molar-refractivity contribution < 1.29 is 4.74 Å². The molecule has 0 aliphatic carbocycles. The highest BCUT2D eigenvalue weighted by atomic mass is 16.5. The first-order chi connectivity index (χ1) is 6.24. The summed E-state index contributed by atoms with van der Waals surface area (Å²) in [7, 11) is 0. The van der Waals surface area contributed by atoms with Gasteiger partial charge in [-0.25, -0.2) is 0 Å². The van der Waals surface area contributed by atoms with E-state index in [0.717, 1.165) is 0 Å². The first-order valence-electron chi connectivity index (χ1n) is 3.94. The van der Waals surface area contributed by atoms with E-state index < -0.39 is 11.6 Å². The molecule has 2 aliphatic heterocycles. The Morgan fingerprint density at radius 2 is 2.38 bits per heavy atom. The van der Waals surface area contributed by atoms with Crippen LogP contribution in [0.5, 0.6) is 0 Å². The molecule has 2 rings (SSSR count). The van der Waals surface area contributed by atoms with Gasteiger partial charge in [0.25, 0.3) is 0 Å². The van der Waals surface area contributed by atoms with E-state index in [0.29, 0.717) is 18.6 Å². The maximum absolute atomic E-state index is 9.04. The number of nitrogens with one attached hydrogen (secondary N) is 1. The van der Waals surface area contributed by atoms with Crippen LogP contribution in [0.4, 0.5) is 0 Å². The minimum atomic E-state index is -0.848. The van der Waals surface area contributed by atoms with Gasteiger partial charge >= 0.3 is 0 Å². The summed E-state index contributed by atoms with van der Waals surface area (Å²) in [6.07, 6.45) is 0.0947. The van der Waals surface area contributed by atoms with Crippen LogP contribution < -0.4 is 11.1 Å². The number of hydrogen-bond acceptors (Lipinski definition) is 5. The molecule has 0 amide bonds. The van der Waals surface area contributed by atoms with Crippen LogP contribution in [-0.4, -0.2) is 12.8 Å². The first kappa shape index (κ1) is 7.90. The van der Waals surface area contributed by atoms with E-state index >= 15 is 0 Å². The average molecular weight is 176 g/mol. The largest absolute Gasteiger partial charge is 0.385 e. The second-order valence-corrected chi connectivity index (χ2v) is 3.13. The van der Waals surface area contributed by atoms with Crippen LogP contribution in [-0.2, 0) is 4.74 Å². The molecule has 2 heterocycles. The minimum absolute atomic E-state index is 0.272. The van der Waals surface area contributed by atoms with Gasteiger partial charge in [0.1, 0.15) is 17.3 Å². The number of nitrogens with two attached hydrogens (primary N) is 1. The zero-order valence-corrected chi connectivity index (χ0v) is 6.87. The van der Waals surface area contributed by atoms with Gasteiger partial charge in [-0.15, -0.1) is 0 Å². The van der Waals surface area contributed by atoms with Gasteiger partial charge in [0, 0.05) is 0 Å². The van der Waals surface area contributed by atoms with Crippen LogP contribution in [0.15, 0.2) is 11.4 Å². The predicted molar refractivity (Wildman–Crippen MR) is 42.4 cm³/mol. The van der Waals surface area contributed by atoms with Crippen LogP contribution in [0.1, 0.15) is 6.42 Å². The van der Waals surface area contributed by atoms with E-state index in [1.54, 1.807) is 0 Å². The van der Waals surface area contributed by atoms with Crippen molar-refractivity contribution in [3.8, 4) is 12.1 Å². The Balaban J connectivity index is 2.51. The summed E-state index contributed by atoms with van der Waals surface area (Å²) in [6.45, 7) is 0.490. The molecule has 0 aromatic carbocycles. The van der Waals surface area contributed by atoms with Gasteiger partial charge < -0.3 is 15.8 Å². The number of fused-ring (bicyclic) bond motifs is 1. The molecule has 5 heteroatoms. The van der Waals surface area contributed by atoms with Gasteiger partial charge in [-0.3, -0.25) is 0 Å². The predicted octanol–water partition coefficient (Wildman–Crippen LogP) is -0.460. The maximum Gasteiger partial charge on any atom is 0.152 e. The Bertz CT molecular complexity index is 361. The second-order valence-electron chi connectivity index (χ2n) is 3.13. The molecule has 1 fully saturated rings. The van der Waals surface area contributed by atoms with Crippen LogP contribution in [0.2, 0.25) is 0 Å². The highest BCUT2D eigenvalue weighted by molar-refractivity contribution is 5.44. The lowest BCUT2D eigenvalue weighted by Crippen LogP contribution is -2.35. The SMILES string of the molecule is N#CC1=C(N)NC2OCCC12C#N. The molecule has 3 N–H and O–H groups in total. The van der Waals surface area contributed by atoms with Crippen molar-refractivity contribution >= 4 is 0 Å². The normalized spacial score (nSPS) is 36.3. The van der Waals surface area contributed by atoms with Crippen molar-refractivity contribution in [1.29, 1.82) is 10.5 Å². The van der Waals surface area contributed by atoms with E-state index in [1.165, 1.54) is 0 Å². The minimum Gasteiger partial charge on any atom is -0.385 e. The summed E-state index contributed by atoms with van der Waals surface area (Å²) in [6, 6.07) is 4.09. The molecule has 13 heavy (non-hydrogen) atoms. The second kappa shape index (κ2) is 2.38. The van der Waals surface area contributed by atoms with E-state index in [9.17, 15) is 0 Å². The molecule has 0 aromatic rings. The van der Waals surface area contributed by atoms with Gasteiger partial charge in [-0.05, 0) is 6.42 Å². The molecule has 66 valence electrons. The van der Waals surface area contributed by atoms with Gasteiger partial charge in [-0.1, -0.05) is 0 Å². The topological polar surface area (TPSA) is 94.9 Å². The van der Waals surface area contributed by atoms with Gasteiger partial charge in [0.15, 0.2) is 6.23 Å². The van der Waals surface area contributed by atoms with Gasteiger partial charge in [0.05, 0.1) is 18.2 Å². The Hall–Kier alpha value is -1.72. The molecular formula is C8H8N4O. The van der Waals surface area contributed by atoms with Crippen molar-refractivity contribution in [3.63, 3.8) is 0 Å². The molecule has 0 aromatic heterocycles. The third-order valence-electron chi connectivity index (χ3n) is 2.54. The fourth-order valence-electron chi connectivity index (χ4n) is 1.82. The zero-order chi connectivity index (χ0) is 9.47. The van der Waals surface area contributed by atoms with E-state index in [-0.39, 0.29) is 5.82 Å². The highest BCUT2D eigenvalue weighted by Gasteiger charge is 2.53. The summed E-state index contributed by atoms with van der Waals surface area (Å²) in [5.74, 6) is 0.272. The lowest BCUT2D eigenvalue weighted by Gasteiger charge is -2.17. The molecule has 2 aliphatic rings. The molecule has 0 bridgehead atoms. The van der Waals surface area contributed by atoms with Crippen molar-refractivity contribution in [1.82, 2.24) is 5.32 Å². The third-order valence-corrected chi connectivity index (χ3v) is 2.54. The summed E-state index contributed by atoms with van der Waals surface area (Å²) in [4.78, 5) is 0. The summed E-state index contributed by atoms with van der Waals surface area (Å²) in [5.41, 5.74) is 5.02. The fourth-order valence-corrected chi connectivity index (χ4v) is 1.82. The Labute approximate surface area is 75.4 Å². The molecule has 2 unspecified atom stereocenters. The molecular weight excluding hydrogens is 168 g/mol. The van der Waals surface area contributed by atoms with Gasteiger partial charge in [0.2, 0.25) is 0 Å². The van der Waals surface area contributed by atoms with Crippen LogP contribution in [0.25, 0.3) is 0 Å². The number of hydrogen-bond donors (Lipinski definition) is 2. The lowest BCUT2D eigenvalue weighted by atomic mass is 9.81. The summed E-state index contributed by atoms with van der Waals surface area (Å²) in [5, 5.41) is 20.7. The zero-order valence-electron chi connectivity index (χ0n) is 6.87. The lowest BCUT2D eigenvalue weighted by molar-refractivity contribution is 0.0731. The number of nitrogens with zero attached hydrogens (tertiary/aromatic N) is 2. The Morgan fingerprint density at radius 3 is 3.00 bits per heavy atom.